The zero-order valence-corrected chi connectivity index (χ0v) is 10.0. The highest BCUT2D eigenvalue weighted by Gasteiger charge is 2.20. The van der Waals surface area contributed by atoms with Crippen LogP contribution in [0.25, 0.3) is 10.8 Å². The van der Waals surface area contributed by atoms with Gasteiger partial charge in [-0.15, -0.1) is 0 Å². The molecule has 2 rings (SSSR count). The molecule has 1 heterocycles. The first-order valence-corrected chi connectivity index (χ1v) is 5.74. The molecule has 2 atom stereocenters. The van der Waals surface area contributed by atoms with Crippen molar-refractivity contribution in [3.05, 3.63) is 46.4 Å². The van der Waals surface area contributed by atoms with E-state index in [4.69, 9.17) is 5.73 Å². The van der Waals surface area contributed by atoms with E-state index in [0.717, 1.165) is 5.39 Å². The summed E-state index contributed by atoms with van der Waals surface area (Å²) in [6.07, 6.45) is -1.25. The Bertz CT molecular complexity index is 665. The molecule has 1 amide bonds. The number of carbonyl (C=O) groups is 1. The predicted molar refractivity (Wildman–Crippen MR) is 69.3 cm³/mol. The van der Waals surface area contributed by atoms with Gasteiger partial charge < -0.3 is 20.9 Å². The molecule has 2 aromatic rings. The third-order valence-corrected chi connectivity index (χ3v) is 2.88. The minimum atomic E-state index is -1.27. The summed E-state index contributed by atoms with van der Waals surface area (Å²) in [5.74, 6) is -0.691. The van der Waals surface area contributed by atoms with Crippen molar-refractivity contribution in [2.45, 2.75) is 18.6 Å². The Balaban J connectivity index is 2.34. The Morgan fingerprint density at radius 1 is 1.26 bits per heavy atom. The van der Waals surface area contributed by atoms with E-state index in [-0.39, 0.29) is 12.0 Å². The molecular formula is C13H14N2O4. The first kappa shape index (κ1) is 13.3. The van der Waals surface area contributed by atoms with Gasteiger partial charge in [-0.25, -0.2) is 0 Å². The fourth-order valence-corrected chi connectivity index (χ4v) is 1.91. The maximum Gasteiger partial charge on any atom is 0.248 e. The van der Waals surface area contributed by atoms with Gasteiger partial charge in [0.1, 0.15) is 6.10 Å². The van der Waals surface area contributed by atoms with Crippen LogP contribution in [0.4, 0.5) is 0 Å². The third kappa shape index (κ3) is 2.98. The van der Waals surface area contributed by atoms with Crippen molar-refractivity contribution >= 4 is 16.7 Å². The van der Waals surface area contributed by atoms with Gasteiger partial charge in [0.05, 0.1) is 12.5 Å². The number of benzene rings is 1. The maximum atomic E-state index is 11.2. The van der Waals surface area contributed by atoms with E-state index in [2.05, 4.69) is 4.98 Å². The average molecular weight is 262 g/mol. The SMILES string of the molecule is NC(=O)CC(O)C(O)c1ccc2c[nH]c(=O)cc2c1. The fourth-order valence-electron chi connectivity index (χ4n) is 1.91. The lowest BCUT2D eigenvalue weighted by Gasteiger charge is -2.17. The van der Waals surface area contributed by atoms with Crippen LogP contribution >= 0.6 is 0 Å². The van der Waals surface area contributed by atoms with Crippen molar-refractivity contribution in [2.24, 2.45) is 5.73 Å². The highest BCUT2D eigenvalue weighted by Crippen LogP contribution is 2.22. The van der Waals surface area contributed by atoms with E-state index in [9.17, 15) is 19.8 Å². The Kier molecular flexibility index (Phi) is 3.64. The summed E-state index contributed by atoms with van der Waals surface area (Å²) >= 11 is 0. The molecule has 0 aliphatic heterocycles. The molecule has 0 aliphatic carbocycles. The van der Waals surface area contributed by atoms with Gasteiger partial charge in [-0.3, -0.25) is 9.59 Å². The van der Waals surface area contributed by atoms with Gasteiger partial charge in [0.15, 0.2) is 0 Å². The first-order valence-electron chi connectivity index (χ1n) is 5.74. The number of carbonyl (C=O) groups excluding carboxylic acids is 1. The highest BCUT2D eigenvalue weighted by atomic mass is 16.3. The summed E-state index contributed by atoms with van der Waals surface area (Å²) in [5, 5.41) is 21.0. The van der Waals surface area contributed by atoms with E-state index in [1.165, 1.54) is 6.07 Å². The zero-order chi connectivity index (χ0) is 14.0. The van der Waals surface area contributed by atoms with Crippen LogP contribution < -0.4 is 11.3 Å². The van der Waals surface area contributed by atoms with Gasteiger partial charge in [-0.1, -0.05) is 12.1 Å². The summed E-state index contributed by atoms with van der Waals surface area (Å²) in [6.45, 7) is 0. The monoisotopic (exact) mass is 262 g/mol. The average Bonchev–Trinajstić information content (AvgIpc) is 2.36. The number of aromatic amines is 1. The van der Waals surface area contributed by atoms with Gasteiger partial charge >= 0.3 is 0 Å². The number of pyridine rings is 1. The number of nitrogens with two attached hydrogens (primary N) is 1. The summed E-state index contributed by atoms with van der Waals surface area (Å²) in [7, 11) is 0. The number of amides is 1. The summed E-state index contributed by atoms with van der Waals surface area (Å²) < 4.78 is 0. The normalized spacial score (nSPS) is 14.2. The number of nitrogens with one attached hydrogen (secondary N) is 1. The number of fused-ring (bicyclic) bond motifs is 1. The second kappa shape index (κ2) is 5.21. The van der Waals surface area contributed by atoms with Gasteiger partial charge in [-0.05, 0) is 22.4 Å². The maximum absolute atomic E-state index is 11.2. The summed E-state index contributed by atoms with van der Waals surface area (Å²) in [5.41, 5.74) is 5.13. The number of hydrogen-bond acceptors (Lipinski definition) is 4. The minimum Gasteiger partial charge on any atom is -0.390 e. The lowest BCUT2D eigenvalue weighted by atomic mass is 9.99. The topological polar surface area (TPSA) is 116 Å². The van der Waals surface area contributed by atoms with Gasteiger partial charge in [0, 0.05) is 12.3 Å². The van der Waals surface area contributed by atoms with E-state index >= 15 is 0 Å². The van der Waals surface area contributed by atoms with Crippen LogP contribution in [0.3, 0.4) is 0 Å². The largest absolute Gasteiger partial charge is 0.390 e. The Labute approximate surface area is 108 Å². The predicted octanol–water partition coefficient (Wildman–Crippen LogP) is -0.202. The Morgan fingerprint density at radius 2 is 2.00 bits per heavy atom. The number of H-pyrrole nitrogens is 1. The lowest BCUT2D eigenvalue weighted by Crippen LogP contribution is -2.25. The molecule has 0 fully saturated rings. The molecule has 0 saturated heterocycles. The molecule has 0 saturated carbocycles. The molecule has 0 spiro atoms. The first-order chi connectivity index (χ1) is 8.97. The van der Waals surface area contributed by atoms with E-state index < -0.39 is 18.1 Å². The minimum absolute atomic E-state index is 0.253. The van der Waals surface area contributed by atoms with Crippen LogP contribution in [-0.4, -0.2) is 27.2 Å². The van der Waals surface area contributed by atoms with Crippen LogP contribution in [-0.2, 0) is 4.79 Å². The molecule has 1 aromatic heterocycles. The third-order valence-electron chi connectivity index (χ3n) is 2.88. The van der Waals surface area contributed by atoms with Crippen LogP contribution in [0, 0.1) is 0 Å². The van der Waals surface area contributed by atoms with E-state index in [0.29, 0.717) is 10.9 Å². The number of aliphatic hydroxyl groups is 2. The summed E-state index contributed by atoms with van der Waals surface area (Å²) in [6, 6.07) is 6.32. The molecule has 0 radical (unpaired) electrons. The van der Waals surface area contributed by atoms with E-state index in [1.54, 1.807) is 24.4 Å². The van der Waals surface area contributed by atoms with Crippen LogP contribution in [0.1, 0.15) is 18.1 Å². The molecule has 0 bridgehead atoms. The second-order valence-electron chi connectivity index (χ2n) is 4.37. The lowest BCUT2D eigenvalue weighted by molar-refractivity contribution is -0.121. The molecule has 0 aliphatic rings. The number of aliphatic hydroxyl groups excluding tert-OH is 2. The standard InChI is InChI=1S/C13H14N2O4/c14-11(17)5-10(16)13(19)7-1-2-8-6-15-12(18)4-9(8)3-7/h1-4,6,10,13,16,19H,5H2,(H2,14,17)(H,15,18). The smallest absolute Gasteiger partial charge is 0.248 e. The summed E-state index contributed by atoms with van der Waals surface area (Å²) in [4.78, 5) is 24.5. The van der Waals surface area contributed by atoms with Crippen molar-refractivity contribution in [2.75, 3.05) is 0 Å². The molecule has 5 N–H and O–H groups in total. The molecule has 2 unspecified atom stereocenters. The fraction of sp³-hybridized carbons (Fsp3) is 0.231. The highest BCUT2D eigenvalue weighted by molar-refractivity contribution is 5.82. The molecular weight excluding hydrogens is 248 g/mol. The molecule has 19 heavy (non-hydrogen) atoms. The number of primary amides is 1. The number of rotatable bonds is 4. The number of hydrogen-bond donors (Lipinski definition) is 4. The van der Waals surface area contributed by atoms with Crippen molar-refractivity contribution in [1.29, 1.82) is 0 Å². The Hall–Kier alpha value is -2.18. The zero-order valence-electron chi connectivity index (χ0n) is 10.0. The van der Waals surface area contributed by atoms with E-state index in [1.807, 2.05) is 0 Å². The van der Waals surface area contributed by atoms with Crippen LogP contribution in [0.5, 0.6) is 0 Å². The van der Waals surface area contributed by atoms with Crippen molar-refractivity contribution < 1.29 is 15.0 Å². The van der Waals surface area contributed by atoms with Gasteiger partial charge in [-0.2, -0.15) is 0 Å². The molecule has 6 heteroatoms. The van der Waals surface area contributed by atoms with Gasteiger partial charge in [0.25, 0.3) is 0 Å². The van der Waals surface area contributed by atoms with Crippen LogP contribution in [0.2, 0.25) is 0 Å². The van der Waals surface area contributed by atoms with Crippen LogP contribution in [0.15, 0.2) is 35.3 Å². The quantitative estimate of drug-likeness (QED) is 0.610. The number of aromatic nitrogens is 1. The molecule has 100 valence electrons. The molecule has 1 aromatic carbocycles. The Morgan fingerprint density at radius 3 is 2.68 bits per heavy atom. The van der Waals surface area contributed by atoms with Crippen molar-refractivity contribution in [1.82, 2.24) is 4.98 Å². The van der Waals surface area contributed by atoms with Crippen molar-refractivity contribution in [3.63, 3.8) is 0 Å². The second-order valence-corrected chi connectivity index (χ2v) is 4.37. The molecule has 6 nitrogen and oxygen atoms in total. The van der Waals surface area contributed by atoms with Gasteiger partial charge in [0.2, 0.25) is 11.5 Å². The van der Waals surface area contributed by atoms with Crippen molar-refractivity contribution in [3.8, 4) is 0 Å².